The lowest BCUT2D eigenvalue weighted by molar-refractivity contribution is 0.127. The van der Waals surface area contributed by atoms with Gasteiger partial charge in [0, 0.05) is 38.8 Å². The van der Waals surface area contributed by atoms with Gasteiger partial charge in [-0.15, -0.1) is 24.0 Å². The van der Waals surface area contributed by atoms with Gasteiger partial charge in [0.15, 0.2) is 5.96 Å². The minimum atomic E-state index is 0. The first kappa shape index (κ1) is 21.0. The van der Waals surface area contributed by atoms with Gasteiger partial charge in [-0.1, -0.05) is 25.7 Å². The first-order valence-corrected chi connectivity index (χ1v) is 8.91. The van der Waals surface area contributed by atoms with E-state index in [2.05, 4.69) is 15.6 Å². The van der Waals surface area contributed by atoms with Crippen molar-refractivity contribution in [2.45, 2.75) is 51.4 Å². The van der Waals surface area contributed by atoms with Gasteiger partial charge >= 0.3 is 0 Å². The van der Waals surface area contributed by atoms with Gasteiger partial charge in [0.25, 0.3) is 0 Å². The van der Waals surface area contributed by atoms with E-state index in [1.807, 2.05) is 7.05 Å². The zero-order valence-electron chi connectivity index (χ0n) is 14.5. The highest BCUT2D eigenvalue weighted by molar-refractivity contribution is 14.0. The Balaban J connectivity index is 0.00000264. The molecular formula is C17H34IN3O2. The Hall–Kier alpha value is -0.0800. The molecule has 0 amide bonds. The van der Waals surface area contributed by atoms with Gasteiger partial charge in [0.2, 0.25) is 0 Å². The predicted molar refractivity (Wildman–Crippen MR) is 106 cm³/mol. The van der Waals surface area contributed by atoms with Crippen LogP contribution in [0.25, 0.3) is 0 Å². The quantitative estimate of drug-likeness (QED) is 0.235. The van der Waals surface area contributed by atoms with Crippen molar-refractivity contribution in [1.82, 2.24) is 10.6 Å². The molecule has 1 unspecified atom stereocenters. The van der Waals surface area contributed by atoms with E-state index in [4.69, 9.17) is 4.74 Å². The number of guanidine groups is 1. The predicted octanol–water partition coefficient (Wildman–Crippen LogP) is 2.53. The van der Waals surface area contributed by atoms with Crippen LogP contribution in [0.2, 0.25) is 0 Å². The lowest BCUT2D eigenvalue weighted by atomic mass is 9.84. The van der Waals surface area contributed by atoms with Crippen LogP contribution in [-0.2, 0) is 4.74 Å². The highest BCUT2D eigenvalue weighted by Gasteiger charge is 2.34. The molecule has 0 bridgehead atoms. The summed E-state index contributed by atoms with van der Waals surface area (Å²) < 4.78 is 5.52. The van der Waals surface area contributed by atoms with Crippen LogP contribution in [0.4, 0.5) is 0 Å². The molecule has 23 heavy (non-hydrogen) atoms. The minimum Gasteiger partial charge on any atom is -0.396 e. The van der Waals surface area contributed by atoms with Gasteiger partial charge in [0.05, 0.1) is 6.61 Å². The van der Waals surface area contributed by atoms with Gasteiger partial charge in [-0.2, -0.15) is 0 Å². The van der Waals surface area contributed by atoms with Crippen molar-refractivity contribution in [2.24, 2.45) is 16.3 Å². The molecule has 0 aromatic rings. The topological polar surface area (TPSA) is 65.9 Å². The molecule has 1 aliphatic carbocycles. The molecule has 1 atom stereocenters. The number of ether oxygens (including phenoxy) is 1. The number of halogens is 1. The average Bonchev–Trinajstić information content (AvgIpc) is 3.19. The van der Waals surface area contributed by atoms with E-state index in [0.717, 1.165) is 51.0 Å². The molecule has 0 radical (unpaired) electrons. The molecule has 5 nitrogen and oxygen atoms in total. The summed E-state index contributed by atoms with van der Waals surface area (Å²) >= 11 is 0. The van der Waals surface area contributed by atoms with Gasteiger partial charge in [-0.25, -0.2) is 0 Å². The molecule has 0 spiro atoms. The molecule has 2 aliphatic rings. The van der Waals surface area contributed by atoms with Crippen molar-refractivity contribution >= 4 is 29.9 Å². The van der Waals surface area contributed by atoms with Gasteiger partial charge in [-0.3, -0.25) is 4.99 Å². The maximum Gasteiger partial charge on any atom is 0.190 e. The van der Waals surface area contributed by atoms with Crippen LogP contribution in [-0.4, -0.2) is 51.0 Å². The van der Waals surface area contributed by atoms with Crippen LogP contribution in [0.1, 0.15) is 51.4 Å². The van der Waals surface area contributed by atoms with Crippen LogP contribution in [0, 0.1) is 11.3 Å². The summed E-state index contributed by atoms with van der Waals surface area (Å²) in [4.78, 5) is 4.30. The van der Waals surface area contributed by atoms with Crippen molar-refractivity contribution in [2.75, 3.05) is 40.0 Å². The van der Waals surface area contributed by atoms with E-state index in [9.17, 15) is 5.11 Å². The van der Waals surface area contributed by atoms with Crippen molar-refractivity contribution in [3.63, 3.8) is 0 Å². The highest BCUT2D eigenvalue weighted by Crippen LogP contribution is 2.31. The third-order valence-electron chi connectivity index (χ3n) is 5.24. The summed E-state index contributed by atoms with van der Waals surface area (Å²) in [5.41, 5.74) is 0.0657. The molecule has 1 heterocycles. The molecule has 1 saturated heterocycles. The molecule has 1 aliphatic heterocycles. The number of nitrogens with zero attached hydrogens (tertiary/aromatic N) is 1. The van der Waals surface area contributed by atoms with Gasteiger partial charge in [-0.05, 0) is 31.6 Å². The third-order valence-corrected chi connectivity index (χ3v) is 5.24. The molecule has 6 heteroatoms. The maximum absolute atomic E-state index is 9.26. The van der Waals surface area contributed by atoms with Crippen LogP contribution in [0.15, 0.2) is 4.99 Å². The van der Waals surface area contributed by atoms with Crippen LogP contribution in [0.3, 0.4) is 0 Å². The molecule has 0 aromatic carbocycles. The molecule has 2 rings (SSSR count). The second-order valence-electron chi connectivity index (χ2n) is 6.92. The first-order valence-electron chi connectivity index (χ1n) is 8.91. The lowest BCUT2D eigenvalue weighted by Gasteiger charge is -2.27. The largest absolute Gasteiger partial charge is 0.396 e. The zero-order chi connectivity index (χ0) is 15.7. The van der Waals surface area contributed by atoms with E-state index in [1.54, 1.807) is 0 Å². The van der Waals surface area contributed by atoms with Crippen molar-refractivity contribution in [3.8, 4) is 0 Å². The smallest absolute Gasteiger partial charge is 0.190 e. The number of aliphatic hydroxyl groups is 1. The Morgan fingerprint density at radius 1 is 1.30 bits per heavy atom. The number of aliphatic hydroxyl groups excluding tert-OH is 1. The van der Waals surface area contributed by atoms with E-state index < -0.39 is 0 Å². The summed E-state index contributed by atoms with van der Waals surface area (Å²) in [5.74, 6) is 1.83. The van der Waals surface area contributed by atoms with E-state index in [-0.39, 0.29) is 36.0 Å². The van der Waals surface area contributed by atoms with Crippen molar-refractivity contribution in [3.05, 3.63) is 0 Å². The molecule has 3 N–H and O–H groups in total. The second-order valence-corrected chi connectivity index (χ2v) is 6.92. The summed E-state index contributed by atoms with van der Waals surface area (Å²) in [6.45, 7) is 3.56. The third kappa shape index (κ3) is 7.13. The summed E-state index contributed by atoms with van der Waals surface area (Å²) in [6.07, 6.45) is 10.1. The summed E-state index contributed by atoms with van der Waals surface area (Å²) in [6, 6.07) is 0. The molecule has 1 saturated carbocycles. The fourth-order valence-corrected chi connectivity index (χ4v) is 3.70. The number of aliphatic imine (C=N–C) groups is 1. The SMILES string of the molecule is CN=C(NCCCC1CCCC1)NCC1(CCO)CCOC1.I. The summed E-state index contributed by atoms with van der Waals surface area (Å²) in [7, 11) is 1.82. The Morgan fingerprint density at radius 3 is 2.70 bits per heavy atom. The van der Waals surface area contributed by atoms with Crippen molar-refractivity contribution < 1.29 is 9.84 Å². The van der Waals surface area contributed by atoms with Crippen LogP contribution >= 0.6 is 24.0 Å². The Kier molecular flexibility index (Phi) is 10.5. The monoisotopic (exact) mass is 439 g/mol. The molecular weight excluding hydrogens is 405 g/mol. The normalized spacial score (nSPS) is 25.4. The maximum atomic E-state index is 9.26. The highest BCUT2D eigenvalue weighted by atomic mass is 127. The number of rotatable bonds is 8. The Morgan fingerprint density at radius 2 is 2.09 bits per heavy atom. The fraction of sp³-hybridized carbons (Fsp3) is 0.941. The molecule has 136 valence electrons. The average molecular weight is 439 g/mol. The molecule has 0 aromatic heterocycles. The minimum absolute atomic E-state index is 0. The van der Waals surface area contributed by atoms with E-state index in [1.165, 1.54) is 38.5 Å². The van der Waals surface area contributed by atoms with Gasteiger partial charge < -0.3 is 20.5 Å². The van der Waals surface area contributed by atoms with Crippen molar-refractivity contribution in [1.29, 1.82) is 0 Å². The standard InChI is InChI=1S/C17H33N3O2.HI/c1-18-16(19-10-4-7-15-5-2-3-6-15)20-13-17(8-11-21)9-12-22-14-17;/h15,21H,2-14H2,1H3,(H2,18,19,20);1H. The summed E-state index contributed by atoms with van der Waals surface area (Å²) in [5, 5.41) is 16.1. The first-order chi connectivity index (χ1) is 10.8. The zero-order valence-corrected chi connectivity index (χ0v) is 16.8. The Bertz CT molecular complexity index is 341. The lowest BCUT2D eigenvalue weighted by Crippen LogP contribution is -2.44. The fourth-order valence-electron chi connectivity index (χ4n) is 3.70. The van der Waals surface area contributed by atoms with Crippen LogP contribution in [0.5, 0.6) is 0 Å². The second kappa shape index (κ2) is 11.5. The number of hydrogen-bond acceptors (Lipinski definition) is 3. The number of hydrogen-bond donors (Lipinski definition) is 3. The van der Waals surface area contributed by atoms with E-state index in [0.29, 0.717) is 0 Å². The van der Waals surface area contributed by atoms with Gasteiger partial charge in [0.1, 0.15) is 0 Å². The Labute approximate surface area is 158 Å². The number of nitrogens with one attached hydrogen (secondary N) is 2. The molecule has 2 fully saturated rings. The van der Waals surface area contributed by atoms with Crippen LogP contribution < -0.4 is 10.6 Å². The van der Waals surface area contributed by atoms with E-state index >= 15 is 0 Å².